The first-order chi connectivity index (χ1) is 16.2. The molecule has 35 heavy (non-hydrogen) atoms. The van der Waals surface area contributed by atoms with Crippen LogP contribution < -0.4 is 10.6 Å². The van der Waals surface area contributed by atoms with Gasteiger partial charge in [0, 0.05) is 0 Å². The molecular formula is C23H14F6N2O4. The Morgan fingerprint density at radius 2 is 1.14 bits per heavy atom. The lowest BCUT2D eigenvalue weighted by atomic mass is 9.72. The molecule has 2 amide bonds. The molecule has 6 nitrogen and oxygen atoms in total. The van der Waals surface area contributed by atoms with Crippen molar-refractivity contribution < 1.29 is 46.1 Å². The summed E-state index contributed by atoms with van der Waals surface area (Å²) < 4.78 is 86.5. The van der Waals surface area contributed by atoms with Crippen molar-refractivity contribution in [1.29, 1.82) is 0 Å². The lowest BCUT2D eigenvalue weighted by Crippen LogP contribution is -2.54. The highest BCUT2D eigenvalue weighted by molar-refractivity contribution is 6.34. The number of phenols is 2. The second-order valence-corrected chi connectivity index (χ2v) is 7.71. The number of nitrogens with two attached hydrogens (primary N) is 1. The zero-order valence-corrected chi connectivity index (χ0v) is 17.3. The molecule has 0 bridgehead atoms. The van der Waals surface area contributed by atoms with Gasteiger partial charge in [0.2, 0.25) is 5.41 Å². The third-order valence-electron chi connectivity index (χ3n) is 5.75. The number of benzene rings is 3. The van der Waals surface area contributed by atoms with Gasteiger partial charge in [-0.25, -0.2) is 4.90 Å². The van der Waals surface area contributed by atoms with Gasteiger partial charge in [-0.3, -0.25) is 9.59 Å². The number of hydrogen-bond donors (Lipinski definition) is 3. The summed E-state index contributed by atoms with van der Waals surface area (Å²) in [7, 11) is 0. The van der Waals surface area contributed by atoms with Crippen LogP contribution in [0, 0.1) is 0 Å². The lowest BCUT2D eigenvalue weighted by Gasteiger charge is -2.38. The molecule has 0 atom stereocenters. The van der Waals surface area contributed by atoms with Crippen LogP contribution in [-0.2, 0) is 5.41 Å². The van der Waals surface area contributed by atoms with Crippen LogP contribution in [0.5, 0.6) is 11.5 Å². The molecule has 0 saturated heterocycles. The van der Waals surface area contributed by atoms with Gasteiger partial charge in [0.25, 0.3) is 11.8 Å². The third-order valence-corrected chi connectivity index (χ3v) is 5.75. The summed E-state index contributed by atoms with van der Waals surface area (Å²) in [5, 5.41) is 19.8. The molecule has 12 heteroatoms. The van der Waals surface area contributed by atoms with Crippen LogP contribution in [0.4, 0.5) is 37.7 Å². The normalized spacial score (nSPS) is 14.4. The molecule has 3 aromatic rings. The lowest BCUT2D eigenvalue weighted by molar-refractivity contribution is -0.288. The van der Waals surface area contributed by atoms with E-state index in [2.05, 4.69) is 0 Å². The predicted molar refractivity (Wildman–Crippen MR) is 111 cm³/mol. The fourth-order valence-corrected chi connectivity index (χ4v) is 4.11. The third kappa shape index (κ3) is 3.35. The van der Waals surface area contributed by atoms with E-state index in [4.69, 9.17) is 5.73 Å². The molecule has 0 radical (unpaired) electrons. The Hall–Kier alpha value is -4.22. The van der Waals surface area contributed by atoms with Crippen molar-refractivity contribution in [3.63, 3.8) is 0 Å². The highest BCUT2D eigenvalue weighted by atomic mass is 19.4. The maximum absolute atomic E-state index is 14.4. The Morgan fingerprint density at radius 1 is 0.686 bits per heavy atom. The van der Waals surface area contributed by atoms with Crippen molar-refractivity contribution in [3.05, 3.63) is 82.9 Å². The van der Waals surface area contributed by atoms with Crippen LogP contribution in [0.25, 0.3) is 0 Å². The highest BCUT2D eigenvalue weighted by Crippen LogP contribution is 2.57. The Labute approximate surface area is 192 Å². The van der Waals surface area contributed by atoms with Gasteiger partial charge in [0.05, 0.1) is 22.5 Å². The van der Waals surface area contributed by atoms with Gasteiger partial charge in [-0.15, -0.1) is 0 Å². The summed E-state index contributed by atoms with van der Waals surface area (Å²) in [5.41, 5.74) is -3.96. The van der Waals surface area contributed by atoms with E-state index in [0.717, 1.165) is 0 Å². The molecule has 1 aliphatic heterocycles. The number of carbonyl (C=O) groups is 2. The van der Waals surface area contributed by atoms with Crippen molar-refractivity contribution in [2.75, 3.05) is 10.6 Å². The molecular weight excluding hydrogens is 482 g/mol. The minimum atomic E-state index is -6.01. The summed E-state index contributed by atoms with van der Waals surface area (Å²) in [6.07, 6.45) is -12.0. The number of halogens is 6. The van der Waals surface area contributed by atoms with E-state index in [9.17, 15) is 46.1 Å². The molecule has 4 rings (SSSR count). The molecule has 0 saturated carbocycles. The molecule has 0 fully saturated rings. The zero-order valence-electron chi connectivity index (χ0n) is 17.3. The molecule has 0 aromatic heterocycles. The number of alkyl halides is 6. The number of nitrogens with zero attached hydrogens (tertiary/aromatic N) is 1. The van der Waals surface area contributed by atoms with E-state index in [1.54, 1.807) is 0 Å². The number of nitrogen functional groups attached to an aromatic ring is 1. The number of rotatable bonds is 3. The second-order valence-electron chi connectivity index (χ2n) is 7.71. The number of fused-ring (bicyclic) bond motifs is 1. The number of carbonyl (C=O) groups excluding carboxylic acids is 2. The van der Waals surface area contributed by atoms with Crippen molar-refractivity contribution in [3.8, 4) is 11.5 Å². The van der Waals surface area contributed by atoms with Crippen LogP contribution in [0.3, 0.4) is 0 Å². The molecule has 182 valence electrons. The number of imide groups is 1. The molecule has 1 heterocycles. The molecule has 0 aliphatic carbocycles. The van der Waals surface area contributed by atoms with Gasteiger partial charge in [0.15, 0.2) is 0 Å². The van der Waals surface area contributed by atoms with Gasteiger partial charge < -0.3 is 15.9 Å². The Kier molecular flexibility index (Phi) is 5.23. The Balaban J connectivity index is 2.01. The number of amides is 2. The minimum Gasteiger partial charge on any atom is -0.506 e. The fourth-order valence-electron chi connectivity index (χ4n) is 4.11. The fraction of sp³-hybridized carbons (Fsp3) is 0.130. The number of phenolic OH excluding ortho intramolecular Hbond substituents is 2. The first kappa shape index (κ1) is 23.9. The van der Waals surface area contributed by atoms with Crippen LogP contribution in [-0.4, -0.2) is 34.4 Å². The number of hydrogen-bond acceptors (Lipinski definition) is 5. The average molecular weight is 496 g/mol. The maximum atomic E-state index is 14.4. The Bertz CT molecular complexity index is 1320. The monoisotopic (exact) mass is 496 g/mol. The quantitative estimate of drug-likeness (QED) is 0.207. The maximum Gasteiger partial charge on any atom is 0.411 e. The van der Waals surface area contributed by atoms with Crippen LogP contribution >= 0.6 is 0 Å². The number of anilines is 2. The molecule has 4 N–H and O–H groups in total. The molecule has 0 spiro atoms. The zero-order chi connectivity index (χ0) is 25.9. The summed E-state index contributed by atoms with van der Waals surface area (Å²) >= 11 is 0. The second kappa shape index (κ2) is 7.65. The van der Waals surface area contributed by atoms with Gasteiger partial charge in [-0.05, 0) is 47.5 Å². The van der Waals surface area contributed by atoms with Gasteiger partial charge in [0.1, 0.15) is 11.5 Å². The summed E-state index contributed by atoms with van der Waals surface area (Å²) in [5.74, 6) is -3.69. The first-order valence-electron chi connectivity index (χ1n) is 9.75. The smallest absolute Gasteiger partial charge is 0.411 e. The van der Waals surface area contributed by atoms with Crippen molar-refractivity contribution in [2.24, 2.45) is 0 Å². The SMILES string of the molecule is Nc1cc(C(c2ccc(O)c(N3C(=O)c4ccccc4C3=O)c2)(C(F)(F)F)C(F)(F)F)ccc1O. The van der Waals surface area contributed by atoms with Gasteiger partial charge >= 0.3 is 12.4 Å². The van der Waals surface area contributed by atoms with Gasteiger partial charge in [-0.1, -0.05) is 24.3 Å². The summed E-state index contributed by atoms with van der Waals surface area (Å²) in [6.45, 7) is 0. The van der Waals surface area contributed by atoms with Crippen LogP contribution in [0.15, 0.2) is 60.7 Å². The Morgan fingerprint density at radius 3 is 1.60 bits per heavy atom. The van der Waals surface area contributed by atoms with Crippen molar-refractivity contribution in [2.45, 2.75) is 17.8 Å². The first-order valence-corrected chi connectivity index (χ1v) is 9.75. The van der Waals surface area contributed by atoms with Crippen LogP contribution in [0.2, 0.25) is 0 Å². The van der Waals surface area contributed by atoms with E-state index in [1.165, 1.54) is 24.3 Å². The van der Waals surface area contributed by atoms with Gasteiger partial charge in [-0.2, -0.15) is 26.3 Å². The van der Waals surface area contributed by atoms with Crippen molar-refractivity contribution in [1.82, 2.24) is 0 Å². The topological polar surface area (TPSA) is 104 Å². The van der Waals surface area contributed by atoms with E-state index < -0.39 is 63.6 Å². The average Bonchev–Trinajstić information content (AvgIpc) is 3.01. The summed E-state index contributed by atoms with van der Waals surface area (Å²) in [6, 6.07) is 7.90. The molecule has 0 unspecified atom stereocenters. The summed E-state index contributed by atoms with van der Waals surface area (Å²) in [4.78, 5) is 25.9. The van der Waals surface area contributed by atoms with Crippen LogP contribution in [0.1, 0.15) is 31.8 Å². The van der Waals surface area contributed by atoms with E-state index in [-0.39, 0.29) is 11.1 Å². The van der Waals surface area contributed by atoms with E-state index >= 15 is 0 Å². The molecule has 1 aliphatic rings. The van der Waals surface area contributed by atoms with Crippen molar-refractivity contribution >= 4 is 23.2 Å². The number of aromatic hydroxyl groups is 2. The van der Waals surface area contributed by atoms with E-state index in [1.807, 2.05) is 0 Å². The molecule has 3 aromatic carbocycles. The highest BCUT2D eigenvalue weighted by Gasteiger charge is 2.72. The largest absolute Gasteiger partial charge is 0.506 e. The predicted octanol–water partition coefficient (Wildman–Crippen LogP) is 4.89. The standard InChI is InChI=1S/C23H14F6N2O4/c24-22(25,26)21(23(27,28)29,11-5-7-17(32)15(30)9-11)12-6-8-18(33)16(10-12)31-19(34)13-3-1-2-4-14(13)20(31)35/h1-10,32-33H,30H2. The van der Waals surface area contributed by atoms with E-state index in [0.29, 0.717) is 41.3 Å². The minimum absolute atomic E-state index is 0.133.